The lowest BCUT2D eigenvalue weighted by Gasteiger charge is -2.18. The van der Waals surface area contributed by atoms with Crippen LogP contribution in [0.15, 0.2) is 18.2 Å². The molecule has 0 spiro atoms. The van der Waals surface area contributed by atoms with E-state index in [9.17, 15) is 14.7 Å². The number of aryl methyl sites for hydroxylation is 1. The van der Waals surface area contributed by atoms with Gasteiger partial charge in [-0.3, -0.25) is 4.98 Å². The van der Waals surface area contributed by atoms with Crippen molar-refractivity contribution in [2.45, 2.75) is 20.3 Å². The van der Waals surface area contributed by atoms with Gasteiger partial charge in [-0.25, -0.2) is 9.59 Å². The Labute approximate surface area is 159 Å². The average Bonchev–Trinajstić information content (AvgIpc) is 2.54. The maximum Gasteiger partial charge on any atom is 0.340 e. The minimum atomic E-state index is -1.27. The first kappa shape index (κ1) is 19.7. The Morgan fingerprint density at radius 3 is 2.54 bits per heavy atom. The van der Waals surface area contributed by atoms with E-state index in [4.69, 9.17) is 33.2 Å². The van der Waals surface area contributed by atoms with Gasteiger partial charge in [0.15, 0.2) is 0 Å². The van der Waals surface area contributed by atoms with E-state index >= 15 is 0 Å². The van der Waals surface area contributed by atoms with Crippen LogP contribution in [0.5, 0.6) is 0 Å². The summed E-state index contributed by atoms with van der Waals surface area (Å²) in [6.45, 7) is 3.19. The first-order chi connectivity index (χ1) is 12.3. The van der Waals surface area contributed by atoms with Crippen molar-refractivity contribution < 1.29 is 19.4 Å². The summed E-state index contributed by atoms with van der Waals surface area (Å²) >= 11 is 12.2. The molecule has 134 valence electrons. The Bertz CT molecular complexity index is 936. The van der Waals surface area contributed by atoms with Crippen molar-refractivity contribution in [3.05, 3.63) is 50.8 Å². The molecular formula is C18H14Cl2N2O4. The number of benzene rings is 1. The van der Waals surface area contributed by atoms with Gasteiger partial charge in [0.25, 0.3) is 0 Å². The van der Waals surface area contributed by atoms with Crippen LogP contribution in [0.4, 0.5) is 0 Å². The number of rotatable bonds is 5. The van der Waals surface area contributed by atoms with Crippen molar-refractivity contribution in [1.82, 2.24) is 4.98 Å². The molecule has 0 radical (unpaired) electrons. The van der Waals surface area contributed by atoms with E-state index in [-0.39, 0.29) is 46.1 Å². The number of halogens is 2. The summed E-state index contributed by atoms with van der Waals surface area (Å²) in [5.74, 6) is -2.04. The van der Waals surface area contributed by atoms with Crippen molar-refractivity contribution in [3.63, 3.8) is 0 Å². The first-order valence-electron chi connectivity index (χ1n) is 7.58. The quantitative estimate of drug-likeness (QED) is 0.760. The van der Waals surface area contributed by atoms with Crippen molar-refractivity contribution in [1.29, 1.82) is 5.26 Å². The maximum atomic E-state index is 12.6. The predicted octanol–water partition coefficient (Wildman–Crippen LogP) is 4.30. The molecule has 2 aromatic rings. The third-order valence-corrected chi connectivity index (χ3v) is 4.14. The second-order valence-corrected chi connectivity index (χ2v) is 6.10. The number of carboxylic acid groups (broad SMARTS) is 1. The number of pyridine rings is 1. The average molecular weight is 393 g/mol. The highest BCUT2D eigenvalue weighted by Gasteiger charge is 2.29. The lowest BCUT2D eigenvalue weighted by molar-refractivity contribution is 0.0525. The monoisotopic (exact) mass is 392 g/mol. The zero-order valence-electron chi connectivity index (χ0n) is 14.0. The fourth-order valence-electron chi connectivity index (χ4n) is 2.61. The highest BCUT2D eigenvalue weighted by atomic mass is 35.5. The molecule has 1 heterocycles. The summed E-state index contributed by atoms with van der Waals surface area (Å²) in [5, 5.41) is 19.3. The molecule has 1 N–H and O–H groups in total. The lowest BCUT2D eigenvalue weighted by atomic mass is 9.91. The number of hydrogen-bond donors (Lipinski definition) is 1. The summed E-state index contributed by atoms with van der Waals surface area (Å²) in [4.78, 5) is 28.6. The van der Waals surface area contributed by atoms with Crippen molar-refractivity contribution in [3.8, 4) is 17.2 Å². The Balaban J connectivity index is 2.99. The van der Waals surface area contributed by atoms with E-state index in [1.54, 1.807) is 6.92 Å². The van der Waals surface area contributed by atoms with Crippen LogP contribution in [0, 0.1) is 18.3 Å². The van der Waals surface area contributed by atoms with E-state index in [1.165, 1.54) is 25.1 Å². The van der Waals surface area contributed by atoms with E-state index in [0.29, 0.717) is 10.6 Å². The van der Waals surface area contributed by atoms with E-state index in [1.807, 2.05) is 6.07 Å². The Kier molecular flexibility index (Phi) is 6.19. The summed E-state index contributed by atoms with van der Waals surface area (Å²) in [7, 11) is 0. The van der Waals surface area contributed by atoms with Gasteiger partial charge >= 0.3 is 11.9 Å². The molecule has 0 fully saturated rings. The molecule has 0 aliphatic rings. The number of carbonyl (C=O) groups excluding carboxylic acids is 1. The molecule has 1 aromatic carbocycles. The minimum absolute atomic E-state index is 0.0652. The van der Waals surface area contributed by atoms with Crippen LogP contribution in [-0.2, 0) is 11.2 Å². The van der Waals surface area contributed by atoms with Gasteiger partial charge in [0, 0.05) is 21.2 Å². The molecule has 0 aliphatic carbocycles. The number of ether oxygens (including phenoxy) is 1. The fraction of sp³-hybridized carbons (Fsp3) is 0.222. The molecule has 0 aliphatic heterocycles. The van der Waals surface area contributed by atoms with Crippen LogP contribution in [0.2, 0.25) is 10.0 Å². The van der Waals surface area contributed by atoms with Gasteiger partial charge in [0.05, 0.1) is 41.6 Å². The lowest BCUT2D eigenvalue weighted by Crippen LogP contribution is -2.17. The van der Waals surface area contributed by atoms with E-state index in [2.05, 4.69) is 4.98 Å². The second-order valence-electron chi connectivity index (χ2n) is 5.25. The predicted molar refractivity (Wildman–Crippen MR) is 96.7 cm³/mol. The number of carbonyl (C=O) groups is 2. The Morgan fingerprint density at radius 1 is 1.31 bits per heavy atom. The summed E-state index contributed by atoms with van der Waals surface area (Å²) in [6, 6.07) is 6.42. The van der Waals surface area contributed by atoms with Crippen LogP contribution in [0.3, 0.4) is 0 Å². The zero-order valence-corrected chi connectivity index (χ0v) is 15.5. The fourth-order valence-corrected chi connectivity index (χ4v) is 3.12. The topological polar surface area (TPSA) is 100 Å². The smallest absolute Gasteiger partial charge is 0.340 e. The summed E-state index contributed by atoms with van der Waals surface area (Å²) in [6.07, 6.45) is -0.187. The number of esters is 1. The zero-order chi connectivity index (χ0) is 19.4. The third-order valence-electron chi connectivity index (χ3n) is 3.59. The molecule has 0 amide bonds. The van der Waals surface area contributed by atoms with E-state index in [0.717, 1.165) is 0 Å². The molecule has 1 aromatic heterocycles. The molecule has 0 bridgehead atoms. The third kappa shape index (κ3) is 3.79. The number of nitriles is 1. The number of carboxylic acids is 1. The van der Waals surface area contributed by atoms with Crippen LogP contribution in [0.25, 0.3) is 11.1 Å². The highest BCUT2D eigenvalue weighted by molar-refractivity contribution is 6.36. The van der Waals surface area contributed by atoms with E-state index < -0.39 is 11.9 Å². The van der Waals surface area contributed by atoms with Gasteiger partial charge in [0.2, 0.25) is 0 Å². The number of aromatic nitrogens is 1. The van der Waals surface area contributed by atoms with Gasteiger partial charge < -0.3 is 9.84 Å². The molecule has 2 rings (SSSR count). The van der Waals surface area contributed by atoms with Gasteiger partial charge in [-0.1, -0.05) is 29.3 Å². The summed E-state index contributed by atoms with van der Waals surface area (Å²) < 4.78 is 5.06. The molecule has 0 atom stereocenters. The van der Waals surface area contributed by atoms with Gasteiger partial charge in [-0.05, 0) is 26.0 Å². The van der Waals surface area contributed by atoms with Gasteiger partial charge in [-0.15, -0.1) is 0 Å². The van der Waals surface area contributed by atoms with Crippen molar-refractivity contribution in [2.75, 3.05) is 6.61 Å². The highest BCUT2D eigenvalue weighted by Crippen LogP contribution is 2.37. The largest absolute Gasteiger partial charge is 0.478 e. The standard InChI is InChI=1S/C18H14Cl2N2O4/c1-3-26-18(25)16-13(6-7-21)22-9(2)14(17(23)24)15(16)11-5-4-10(19)8-12(11)20/h4-5,8H,3,6H2,1-2H3,(H,23,24). The van der Waals surface area contributed by atoms with Crippen LogP contribution < -0.4 is 0 Å². The Hall–Kier alpha value is -2.62. The normalized spacial score (nSPS) is 10.3. The molecular weight excluding hydrogens is 379 g/mol. The summed E-state index contributed by atoms with van der Waals surface area (Å²) in [5.41, 5.74) is 0.391. The maximum absolute atomic E-state index is 12.6. The molecule has 6 nitrogen and oxygen atoms in total. The molecule has 26 heavy (non-hydrogen) atoms. The van der Waals surface area contributed by atoms with Crippen molar-refractivity contribution in [2.24, 2.45) is 0 Å². The first-order valence-corrected chi connectivity index (χ1v) is 8.33. The van der Waals surface area contributed by atoms with Gasteiger partial charge in [0.1, 0.15) is 0 Å². The number of hydrogen-bond acceptors (Lipinski definition) is 5. The minimum Gasteiger partial charge on any atom is -0.478 e. The SMILES string of the molecule is CCOC(=O)c1c(CC#N)nc(C)c(C(=O)O)c1-c1ccc(Cl)cc1Cl. The van der Waals surface area contributed by atoms with Crippen LogP contribution in [-0.4, -0.2) is 28.6 Å². The van der Waals surface area contributed by atoms with Crippen molar-refractivity contribution >= 4 is 35.1 Å². The Morgan fingerprint density at radius 2 is 2.00 bits per heavy atom. The van der Waals surface area contributed by atoms with Crippen LogP contribution >= 0.6 is 23.2 Å². The van der Waals surface area contributed by atoms with Crippen LogP contribution in [0.1, 0.15) is 39.0 Å². The molecule has 0 saturated heterocycles. The number of aromatic carboxylic acids is 1. The van der Waals surface area contributed by atoms with Gasteiger partial charge in [-0.2, -0.15) is 5.26 Å². The molecule has 0 unspecified atom stereocenters. The second kappa shape index (κ2) is 8.17. The molecule has 0 saturated carbocycles. The number of nitrogens with zero attached hydrogens (tertiary/aromatic N) is 2. The molecule has 8 heteroatoms.